The minimum atomic E-state index is -0.419. The molecule has 150 valence electrons. The first kappa shape index (κ1) is 22.0. The maximum atomic E-state index is 13.0. The highest BCUT2D eigenvalue weighted by Crippen LogP contribution is 2.19. The Morgan fingerprint density at radius 3 is 2.25 bits per heavy atom. The Morgan fingerprint density at radius 2 is 1.64 bits per heavy atom. The highest BCUT2D eigenvalue weighted by atomic mass is 32.2. The van der Waals surface area contributed by atoms with E-state index in [0.29, 0.717) is 31.7 Å². The lowest BCUT2D eigenvalue weighted by Gasteiger charge is -2.30. The fourth-order valence-electron chi connectivity index (χ4n) is 3.10. The number of rotatable bonds is 11. The molecule has 0 spiro atoms. The lowest BCUT2D eigenvalue weighted by Crippen LogP contribution is -2.50. The van der Waals surface area contributed by atoms with Gasteiger partial charge in [-0.3, -0.25) is 9.59 Å². The third-order valence-corrected chi connectivity index (χ3v) is 5.56. The Hall–Kier alpha value is -2.27. The fourth-order valence-corrected chi connectivity index (χ4v) is 3.97. The predicted octanol–water partition coefficient (Wildman–Crippen LogP) is 4.15. The second-order valence-electron chi connectivity index (χ2n) is 6.55. The maximum Gasteiger partial charge on any atom is 0.242 e. The van der Waals surface area contributed by atoms with Crippen molar-refractivity contribution >= 4 is 23.6 Å². The number of hydrogen-bond acceptors (Lipinski definition) is 3. The van der Waals surface area contributed by atoms with Crippen LogP contribution >= 0.6 is 11.8 Å². The quantitative estimate of drug-likeness (QED) is 0.579. The molecule has 4 nitrogen and oxygen atoms in total. The largest absolute Gasteiger partial charge is 0.355 e. The monoisotopic (exact) mass is 398 g/mol. The number of nitrogens with zero attached hydrogens (tertiary/aromatic N) is 1. The molecule has 0 saturated carbocycles. The van der Waals surface area contributed by atoms with Gasteiger partial charge in [0.2, 0.25) is 11.8 Å². The molecule has 0 unspecified atom stereocenters. The standard InChI is InChI=1S/C23H30N2O2S/c1-3-21(23(27)24-4-2)25(17-15-19-11-7-5-8-12-19)22(26)16-18-28-20-13-9-6-10-14-20/h5-14,21H,3-4,15-18H2,1-2H3,(H,24,27)/t21-/m0/s1. The first-order chi connectivity index (χ1) is 13.7. The van der Waals surface area contributed by atoms with Crippen LogP contribution in [0.5, 0.6) is 0 Å². The number of benzene rings is 2. The van der Waals surface area contributed by atoms with Crippen molar-refractivity contribution in [2.75, 3.05) is 18.8 Å². The zero-order valence-electron chi connectivity index (χ0n) is 16.8. The van der Waals surface area contributed by atoms with Crippen molar-refractivity contribution in [3.63, 3.8) is 0 Å². The minimum absolute atomic E-state index is 0.0393. The van der Waals surface area contributed by atoms with Crippen molar-refractivity contribution in [1.29, 1.82) is 0 Å². The Balaban J connectivity index is 2.02. The van der Waals surface area contributed by atoms with E-state index in [-0.39, 0.29) is 11.8 Å². The van der Waals surface area contributed by atoms with Crippen LogP contribution in [0.2, 0.25) is 0 Å². The average molecular weight is 399 g/mol. The Bertz CT molecular complexity index is 722. The van der Waals surface area contributed by atoms with Gasteiger partial charge in [-0.25, -0.2) is 0 Å². The van der Waals surface area contributed by atoms with Crippen molar-refractivity contribution in [3.05, 3.63) is 66.2 Å². The summed E-state index contributed by atoms with van der Waals surface area (Å²) < 4.78 is 0. The van der Waals surface area contributed by atoms with Crippen molar-refractivity contribution in [2.45, 2.75) is 44.0 Å². The third kappa shape index (κ3) is 7.04. The normalized spacial score (nSPS) is 11.6. The topological polar surface area (TPSA) is 49.4 Å². The van der Waals surface area contributed by atoms with Crippen LogP contribution in [0, 0.1) is 0 Å². The van der Waals surface area contributed by atoms with Gasteiger partial charge in [-0.05, 0) is 37.5 Å². The number of hydrogen-bond donors (Lipinski definition) is 1. The van der Waals surface area contributed by atoms with Gasteiger partial charge in [0.25, 0.3) is 0 Å². The molecule has 2 aromatic rings. The Morgan fingerprint density at radius 1 is 1.00 bits per heavy atom. The number of amides is 2. The summed E-state index contributed by atoms with van der Waals surface area (Å²) in [5.41, 5.74) is 1.17. The zero-order valence-corrected chi connectivity index (χ0v) is 17.6. The summed E-state index contributed by atoms with van der Waals surface area (Å²) >= 11 is 1.67. The van der Waals surface area contributed by atoms with Crippen LogP contribution < -0.4 is 5.32 Å². The summed E-state index contributed by atoms with van der Waals surface area (Å²) in [6, 6.07) is 19.8. The number of likely N-dealkylation sites (N-methyl/N-ethyl adjacent to an activating group) is 1. The number of carbonyl (C=O) groups is 2. The average Bonchev–Trinajstić information content (AvgIpc) is 2.72. The molecule has 0 aromatic heterocycles. The second kappa shape index (κ2) is 12.2. The smallest absolute Gasteiger partial charge is 0.242 e. The third-order valence-electron chi connectivity index (χ3n) is 4.55. The van der Waals surface area contributed by atoms with Crippen molar-refractivity contribution < 1.29 is 9.59 Å². The van der Waals surface area contributed by atoms with E-state index in [4.69, 9.17) is 0 Å². The van der Waals surface area contributed by atoms with Crippen molar-refractivity contribution in [2.24, 2.45) is 0 Å². The van der Waals surface area contributed by atoms with E-state index in [1.165, 1.54) is 5.56 Å². The zero-order chi connectivity index (χ0) is 20.2. The van der Waals surface area contributed by atoms with Gasteiger partial charge in [-0.15, -0.1) is 11.8 Å². The van der Waals surface area contributed by atoms with Gasteiger partial charge in [0.05, 0.1) is 0 Å². The molecule has 0 heterocycles. The summed E-state index contributed by atoms with van der Waals surface area (Å²) in [6.45, 7) is 4.98. The molecular weight excluding hydrogens is 368 g/mol. The lowest BCUT2D eigenvalue weighted by atomic mass is 10.1. The van der Waals surface area contributed by atoms with Crippen LogP contribution in [0.3, 0.4) is 0 Å². The van der Waals surface area contributed by atoms with E-state index in [9.17, 15) is 9.59 Å². The SMILES string of the molecule is CCNC(=O)[C@H](CC)N(CCc1ccccc1)C(=O)CCSc1ccccc1. The van der Waals surface area contributed by atoms with Crippen LogP contribution in [-0.2, 0) is 16.0 Å². The summed E-state index contributed by atoms with van der Waals surface area (Å²) in [6.07, 6.45) is 1.77. The summed E-state index contributed by atoms with van der Waals surface area (Å²) in [7, 11) is 0. The molecule has 0 aliphatic rings. The summed E-state index contributed by atoms with van der Waals surface area (Å²) in [4.78, 5) is 28.4. The Kier molecular flexibility index (Phi) is 9.63. The first-order valence-corrected chi connectivity index (χ1v) is 10.9. The predicted molar refractivity (Wildman–Crippen MR) is 116 cm³/mol. The van der Waals surface area contributed by atoms with E-state index in [1.807, 2.05) is 62.4 Å². The van der Waals surface area contributed by atoms with Gasteiger partial charge in [-0.2, -0.15) is 0 Å². The minimum Gasteiger partial charge on any atom is -0.355 e. The fraction of sp³-hybridized carbons (Fsp3) is 0.391. The second-order valence-corrected chi connectivity index (χ2v) is 7.72. The molecular formula is C23H30N2O2S. The van der Waals surface area contributed by atoms with Crippen molar-refractivity contribution in [3.8, 4) is 0 Å². The van der Waals surface area contributed by atoms with Gasteiger partial charge in [0.1, 0.15) is 6.04 Å². The number of carbonyl (C=O) groups excluding carboxylic acids is 2. The molecule has 2 amide bonds. The molecule has 2 rings (SSSR count). The molecule has 0 bridgehead atoms. The van der Waals surface area contributed by atoms with E-state index in [2.05, 4.69) is 17.4 Å². The van der Waals surface area contributed by atoms with Gasteiger partial charge < -0.3 is 10.2 Å². The molecule has 0 aliphatic heterocycles. The molecule has 0 radical (unpaired) electrons. The van der Waals surface area contributed by atoms with E-state index < -0.39 is 6.04 Å². The number of nitrogens with one attached hydrogen (secondary N) is 1. The van der Waals surface area contributed by atoms with Crippen molar-refractivity contribution in [1.82, 2.24) is 10.2 Å². The van der Waals surface area contributed by atoms with E-state index in [0.717, 1.165) is 11.3 Å². The van der Waals surface area contributed by atoms with Crippen LogP contribution in [0.25, 0.3) is 0 Å². The molecule has 0 saturated heterocycles. The summed E-state index contributed by atoms with van der Waals surface area (Å²) in [5.74, 6) is 0.677. The molecule has 1 atom stereocenters. The van der Waals surface area contributed by atoms with E-state index in [1.54, 1.807) is 16.7 Å². The van der Waals surface area contributed by atoms with Gasteiger partial charge in [0, 0.05) is 30.2 Å². The highest BCUT2D eigenvalue weighted by Gasteiger charge is 2.27. The van der Waals surface area contributed by atoms with Gasteiger partial charge >= 0.3 is 0 Å². The van der Waals surface area contributed by atoms with Crippen LogP contribution in [0.1, 0.15) is 32.3 Å². The molecule has 5 heteroatoms. The lowest BCUT2D eigenvalue weighted by molar-refractivity contribution is -0.140. The molecule has 0 fully saturated rings. The van der Waals surface area contributed by atoms with Crippen LogP contribution in [-0.4, -0.2) is 41.6 Å². The Labute approximate surface area is 172 Å². The summed E-state index contributed by atoms with van der Waals surface area (Å²) in [5, 5.41) is 2.87. The van der Waals surface area contributed by atoms with Crippen LogP contribution in [0.4, 0.5) is 0 Å². The first-order valence-electron chi connectivity index (χ1n) is 9.94. The number of thioether (sulfide) groups is 1. The van der Waals surface area contributed by atoms with Gasteiger partial charge in [0.15, 0.2) is 0 Å². The molecule has 28 heavy (non-hydrogen) atoms. The highest BCUT2D eigenvalue weighted by molar-refractivity contribution is 7.99. The van der Waals surface area contributed by atoms with Gasteiger partial charge in [-0.1, -0.05) is 55.5 Å². The van der Waals surface area contributed by atoms with E-state index >= 15 is 0 Å². The maximum absolute atomic E-state index is 13.0. The molecule has 1 N–H and O–H groups in total. The molecule has 2 aromatic carbocycles. The van der Waals surface area contributed by atoms with Crippen LogP contribution in [0.15, 0.2) is 65.6 Å². The molecule has 0 aliphatic carbocycles.